The lowest BCUT2D eigenvalue weighted by atomic mass is 9.94. The van der Waals surface area contributed by atoms with E-state index in [2.05, 4.69) is 240 Å². The van der Waals surface area contributed by atoms with Gasteiger partial charge in [0.25, 0.3) is 0 Å². The molecule has 0 saturated heterocycles. The molecule has 11 aromatic carbocycles. The number of furan rings is 1. The van der Waals surface area contributed by atoms with Gasteiger partial charge in [0.15, 0.2) is 5.58 Å². The van der Waals surface area contributed by atoms with Crippen LogP contribution in [0.5, 0.6) is 0 Å². The van der Waals surface area contributed by atoms with Crippen LogP contribution in [-0.4, -0.2) is 4.57 Å². The number of anilines is 3. The Morgan fingerprint density at radius 3 is 1.46 bits per heavy atom. The summed E-state index contributed by atoms with van der Waals surface area (Å²) in [6.07, 6.45) is 0. The first-order valence-electron chi connectivity index (χ1n) is 21.6. The summed E-state index contributed by atoms with van der Waals surface area (Å²) in [5, 5.41) is 12.1. The zero-order chi connectivity index (χ0) is 41.4. The topological polar surface area (TPSA) is 21.3 Å². The minimum atomic E-state index is 0.847. The third kappa shape index (κ3) is 5.46. The molecule has 0 aliphatic heterocycles. The zero-order valence-electron chi connectivity index (χ0n) is 34.2. The van der Waals surface area contributed by atoms with Crippen LogP contribution in [-0.2, 0) is 0 Å². The van der Waals surface area contributed by atoms with Crippen LogP contribution in [0, 0.1) is 0 Å². The molecule has 0 fully saturated rings. The lowest BCUT2D eigenvalue weighted by Crippen LogP contribution is -2.10. The van der Waals surface area contributed by atoms with Crippen LogP contribution >= 0.6 is 0 Å². The Hall–Kier alpha value is -8.40. The maximum Gasteiger partial charge on any atom is 0.159 e. The summed E-state index contributed by atoms with van der Waals surface area (Å²) in [5.41, 5.74) is 12.9. The molecule has 0 aliphatic rings. The van der Waals surface area contributed by atoms with Gasteiger partial charge in [0.2, 0.25) is 0 Å². The van der Waals surface area contributed by atoms with Crippen molar-refractivity contribution in [3.05, 3.63) is 231 Å². The average molecular weight is 803 g/mol. The fourth-order valence-electron chi connectivity index (χ4n) is 10.2. The SMILES string of the molecule is c1ccc(-c2cccc3c2oc2c(N(c4ccc(-c5ccccc5-n5c6ccccc6c6ccccc65)cc4)c4ccc5c6ccccc6c6ccccc6c5c4)cccc23)cc1. The van der Waals surface area contributed by atoms with Crippen LogP contribution in [0.25, 0.3) is 104 Å². The van der Waals surface area contributed by atoms with Crippen molar-refractivity contribution in [2.45, 2.75) is 0 Å². The van der Waals surface area contributed by atoms with Crippen molar-refractivity contribution in [1.82, 2.24) is 4.57 Å². The summed E-state index contributed by atoms with van der Waals surface area (Å²) in [4.78, 5) is 2.37. The van der Waals surface area contributed by atoms with Crippen molar-refractivity contribution in [3.8, 4) is 27.9 Å². The van der Waals surface area contributed by atoms with E-state index in [1.807, 2.05) is 0 Å². The standard InChI is InChI=1S/C60H38N2O/c1-2-16-39(17-3-1)44-25-14-26-52-53-27-15-31-58(60(53)63-59(44)52)61(42-36-37-49-47-21-5-4-19-45(47)46-20-6-7-22-48(46)54(49)38-42)41-34-32-40(33-35-41)43-18-8-11-28-55(43)62-56-29-12-9-23-50(56)51-24-10-13-30-57(51)62/h1-38H. The maximum absolute atomic E-state index is 7.08. The fraction of sp³-hybridized carbons (Fsp3) is 0. The third-order valence-corrected chi connectivity index (χ3v) is 13.0. The Morgan fingerprint density at radius 1 is 0.302 bits per heavy atom. The Morgan fingerprint density at radius 2 is 0.778 bits per heavy atom. The van der Waals surface area contributed by atoms with Crippen LogP contribution in [0.2, 0.25) is 0 Å². The Bertz CT molecular complexity index is 3820. The van der Waals surface area contributed by atoms with E-state index in [-0.39, 0.29) is 0 Å². The molecule has 0 N–H and O–H groups in total. The minimum absolute atomic E-state index is 0.847. The fourth-order valence-corrected chi connectivity index (χ4v) is 10.2. The number of hydrogen-bond acceptors (Lipinski definition) is 2. The molecule has 0 amide bonds. The van der Waals surface area contributed by atoms with E-state index < -0.39 is 0 Å². The van der Waals surface area contributed by atoms with Gasteiger partial charge < -0.3 is 13.9 Å². The monoisotopic (exact) mass is 802 g/mol. The highest BCUT2D eigenvalue weighted by atomic mass is 16.3. The highest BCUT2D eigenvalue weighted by Crippen LogP contribution is 2.46. The molecule has 0 saturated carbocycles. The van der Waals surface area contributed by atoms with Crippen molar-refractivity contribution >= 4 is 93.1 Å². The second-order valence-electron chi connectivity index (χ2n) is 16.4. The van der Waals surface area contributed by atoms with Gasteiger partial charge in [-0.3, -0.25) is 0 Å². The molecule has 0 aliphatic carbocycles. The molecular weight excluding hydrogens is 765 g/mol. The van der Waals surface area contributed by atoms with Gasteiger partial charge in [-0.15, -0.1) is 0 Å². The summed E-state index contributed by atoms with van der Waals surface area (Å²) < 4.78 is 9.50. The van der Waals surface area contributed by atoms with E-state index in [0.29, 0.717) is 0 Å². The number of rotatable bonds is 6. The van der Waals surface area contributed by atoms with Crippen LogP contribution in [0.1, 0.15) is 0 Å². The van der Waals surface area contributed by atoms with Gasteiger partial charge in [-0.1, -0.05) is 182 Å². The molecule has 2 heterocycles. The summed E-state index contributed by atoms with van der Waals surface area (Å²) in [7, 11) is 0. The predicted octanol–water partition coefficient (Wildman–Crippen LogP) is 16.9. The Balaban J connectivity index is 1.03. The lowest BCUT2D eigenvalue weighted by molar-refractivity contribution is 0.670. The van der Waals surface area contributed by atoms with E-state index in [1.165, 1.54) is 59.7 Å². The van der Waals surface area contributed by atoms with Crippen LogP contribution in [0.3, 0.4) is 0 Å². The van der Waals surface area contributed by atoms with Crippen molar-refractivity contribution in [3.63, 3.8) is 0 Å². The Labute approximate surface area is 363 Å². The average Bonchev–Trinajstić information content (AvgIpc) is 3.91. The van der Waals surface area contributed by atoms with E-state index in [0.717, 1.165) is 61.4 Å². The molecule has 0 atom stereocenters. The molecule has 63 heavy (non-hydrogen) atoms. The molecule has 0 spiro atoms. The lowest BCUT2D eigenvalue weighted by Gasteiger charge is -2.26. The van der Waals surface area contributed by atoms with E-state index in [9.17, 15) is 0 Å². The number of benzene rings is 11. The van der Waals surface area contributed by atoms with E-state index in [1.54, 1.807) is 0 Å². The Kier molecular flexibility index (Phi) is 7.91. The summed E-state index contributed by atoms with van der Waals surface area (Å²) in [6, 6.07) is 83.3. The third-order valence-electron chi connectivity index (χ3n) is 13.0. The van der Waals surface area contributed by atoms with Crippen molar-refractivity contribution < 1.29 is 4.42 Å². The van der Waals surface area contributed by atoms with Crippen molar-refractivity contribution in [2.24, 2.45) is 0 Å². The van der Waals surface area contributed by atoms with Crippen LogP contribution < -0.4 is 4.90 Å². The van der Waals surface area contributed by atoms with Gasteiger partial charge in [0.1, 0.15) is 5.58 Å². The van der Waals surface area contributed by atoms with Gasteiger partial charge in [0.05, 0.1) is 22.4 Å². The van der Waals surface area contributed by atoms with Gasteiger partial charge in [-0.25, -0.2) is 0 Å². The molecule has 13 aromatic rings. The van der Waals surface area contributed by atoms with Gasteiger partial charge in [-0.05, 0) is 92.0 Å². The van der Waals surface area contributed by atoms with E-state index >= 15 is 0 Å². The highest BCUT2D eigenvalue weighted by molar-refractivity contribution is 6.26. The molecule has 0 bridgehead atoms. The summed E-state index contributed by atoms with van der Waals surface area (Å²) in [6.45, 7) is 0. The number of aromatic nitrogens is 1. The molecule has 294 valence electrons. The number of nitrogens with zero attached hydrogens (tertiary/aromatic N) is 2. The smallest absolute Gasteiger partial charge is 0.159 e. The van der Waals surface area contributed by atoms with Crippen LogP contribution in [0.4, 0.5) is 17.1 Å². The van der Waals surface area contributed by atoms with Gasteiger partial charge in [0, 0.05) is 44.0 Å². The molecule has 3 heteroatoms. The maximum atomic E-state index is 7.08. The summed E-state index contributed by atoms with van der Waals surface area (Å²) >= 11 is 0. The van der Waals surface area contributed by atoms with Crippen molar-refractivity contribution in [2.75, 3.05) is 4.90 Å². The molecule has 3 nitrogen and oxygen atoms in total. The largest absolute Gasteiger partial charge is 0.453 e. The molecule has 13 rings (SSSR count). The molecule has 0 radical (unpaired) electrons. The van der Waals surface area contributed by atoms with Crippen LogP contribution in [0.15, 0.2) is 235 Å². The molecule has 2 aromatic heterocycles. The van der Waals surface area contributed by atoms with Crippen molar-refractivity contribution in [1.29, 1.82) is 0 Å². The second kappa shape index (κ2) is 14.1. The number of para-hydroxylation sites is 5. The first-order chi connectivity index (χ1) is 31.3. The molecule has 0 unspecified atom stereocenters. The minimum Gasteiger partial charge on any atom is -0.453 e. The summed E-state index contributed by atoms with van der Waals surface area (Å²) in [5.74, 6) is 0. The zero-order valence-corrected chi connectivity index (χ0v) is 34.2. The second-order valence-corrected chi connectivity index (χ2v) is 16.4. The normalized spacial score (nSPS) is 11.8. The van der Waals surface area contributed by atoms with E-state index in [4.69, 9.17) is 4.42 Å². The number of fused-ring (bicyclic) bond motifs is 12. The molecular formula is C60H38N2O. The van der Waals surface area contributed by atoms with Gasteiger partial charge >= 0.3 is 0 Å². The first-order valence-corrected chi connectivity index (χ1v) is 21.6. The number of hydrogen-bond donors (Lipinski definition) is 0. The van der Waals surface area contributed by atoms with Gasteiger partial charge in [-0.2, -0.15) is 0 Å². The first kappa shape index (κ1) is 35.4. The predicted molar refractivity (Wildman–Crippen MR) is 266 cm³/mol. The highest BCUT2D eigenvalue weighted by Gasteiger charge is 2.23. The quantitative estimate of drug-likeness (QED) is 0.156.